The van der Waals surface area contributed by atoms with E-state index < -0.39 is 6.04 Å². The third kappa shape index (κ3) is 2.99. The van der Waals surface area contributed by atoms with Crippen molar-refractivity contribution in [3.8, 4) is 5.82 Å². The van der Waals surface area contributed by atoms with E-state index in [4.69, 9.17) is 23.1 Å². The van der Waals surface area contributed by atoms with Gasteiger partial charge in [-0.2, -0.15) is 15.1 Å². The number of halogens is 1. The van der Waals surface area contributed by atoms with Crippen LogP contribution in [0.4, 0.5) is 17.6 Å². The summed E-state index contributed by atoms with van der Waals surface area (Å²) in [6, 6.07) is 8.31. The minimum absolute atomic E-state index is 0.0194. The number of anilines is 3. The Kier molecular flexibility index (Phi) is 4.32. The molecule has 0 saturated carbocycles. The monoisotopic (exact) mass is 397 g/mol. The Labute approximate surface area is 163 Å². The molecule has 1 atom stereocenters. The van der Waals surface area contributed by atoms with Crippen molar-refractivity contribution in [2.75, 3.05) is 16.8 Å². The molecule has 3 heterocycles. The number of para-hydroxylation sites is 1. The topological polar surface area (TPSA) is 153 Å². The Morgan fingerprint density at radius 2 is 1.96 bits per heavy atom. The number of fused-ring (bicyclic) bond motifs is 1. The molecule has 0 amide bonds. The first-order valence-electron chi connectivity index (χ1n) is 8.32. The maximum atomic E-state index is 13.1. The minimum Gasteiger partial charge on any atom is -0.382 e. The van der Waals surface area contributed by atoms with Gasteiger partial charge in [0.15, 0.2) is 5.82 Å². The zero-order valence-corrected chi connectivity index (χ0v) is 15.5. The van der Waals surface area contributed by atoms with Gasteiger partial charge in [0, 0.05) is 6.07 Å². The average molecular weight is 398 g/mol. The number of nitrogens with one attached hydrogen (secondary N) is 2. The van der Waals surface area contributed by atoms with Crippen LogP contribution in [0.25, 0.3) is 16.7 Å². The second-order valence-electron chi connectivity index (χ2n) is 6.07. The lowest BCUT2D eigenvalue weighted by atomic mass is 10.2. The maximum Gasteiger partial charge on any atom is 0.267 e. The first kappa shape index (κ1) is 17.7. The van der Waals surface area contributed by atoms with E-state index in [1.807, 2.05) is 13.0 Å². The molecule has 11 heteroatoms. The van der Waals surface area contributed by atoms with Crippen molar-refractivity contribution < 1.29 is 0 Å². The number of hydrogen-bond acceptors (Lipinski definition) is 8. The third-order valence-corrected chi connectivity index (χ3v) is 4.54. The number of hydrogen-bond donors (Lipinski definition) is 4. The van der Waals surface area contributed by atoms with Crippen LogP contribution in [-0.2, 0) is 0 Å². The van der Waals surface area contributed by atoms with Gasteiger partial charge in [-0.3, -0.25) is 9.89 Å². The second kappa shape index (κ2) is 6.82. The first-order chi connectivity index (χ1) is 13.5. The molecule has 28 heavy (non-hydrogen) atoms. The van der Waals surface area contributed by atoms with E-state index in [1.165, 1.54) is 4.57 Å². The van der Waals surface area contributed by atoms with E-state index in [0.29, 0.717) is 22.5 Å². The van der Waals surface area contributed by atoms with Crippen LogP contribution >= 0.6 is 11.6 Å². The van der Waals surface area contributed by atoms with E-state index in [9.17, 15) is 4.79 Å². The second-order valence-corrected chi connectivity index (χ2v) is 6.44. The summed E-state index contributed by atoms with van der Waals surface area (Å²) in [7, 11) is 0. The molecule has 10 nitrogen and oxygen atoms in total. The summed E-state index contributed by atoms with van der Waals surface area (Å²) in [6.07, 6.45) is 1.56. The number of aromatic nitrogens is 6. The number of nitrogens with zero attached hydrogens (tertiary/aromatic N) is 5. The number of nitrogen functional groups attached to an aromatic ring is 2. The summed E-state index contributed by atoms with van der Waals surface area (Å²) in [6.45, 7) is 1.81. The van der Waals surface area contributed by atoms with Gasteiger partial charge in [0.1, 0.15) is 22.5 Å². The van der Waals surface area contributed by atoms with Gasteiger partial charge in [-0.25, -0.2) is 9.55 Å². The van der Waals surface area contributed by atoms with Crippen molar-refractivity contribution in [1.29, 1.82) is 0 Å². The van der Waals surface area contributed by atoms with Crippen LogP contribution in [0, 0.1) is 0 Å². The normalized spacial score (nSPS) is 12.2. The van der Waals surface area contributed by atoms with Crippen LogP contribution in [0.5, 0.6) is 0 Å². The van der Waals surface area contributed by atoms with Crippen molar-refractivity contribution in [2.45, 2.75) is 13.0 Å². The highest BCUT2D eigenvalue weighted by molar-refractivity contribution is 6.35. The summed E-state index contributed by atoms with van der Waals surface area (Å²) >= 11 is 6.19. The molecular weight excluding hydrogens is 382 g/mol. The Bertz CT molecular complexity index is 1220. The predicted molar refractivity (Wildman–Crippen MR) is 107 cm³/mol. The van der Waals surface area contributed by atoms with Gasteiger partial charge < -0.3 is 16.8 Å². The van der Waals surface area contributed by atoms with Gasteiger partial charge in [0.25, 0.3) is 5.56 Å². The van der Waals surface area contributed by atoms with Gasteiger partial charge in [0.2, 0.25) is 5.95 Å². The van der Waals surface area contributed by atoms with Crippen LogP contribution < -0.4 is 22.3 Å². The maximum absolute atomic E-state index is 13.1. The molecule has 0 aliphatic heterocycles. The molecule has 4 aromatic rings. The van der Waals surface area contributed by atoms with Crippen LogP contribution in [0.1, 0.15) is 18.8 Å². The zero-order valence-electron chi connectivity index (χ0n) is 14.7. The highest BCUT2D eigenvalue weighted by Gasteiger charge is 2.20. The Morgan fingerprint density at radius 3 is 2.71 bits per heavy atom. The molecule has 0 fully saturated rings. The smallest absolute Gasteiger partial charge is 0.267 e. The van der Waals surface area contributed by atoms with Crippen molar-refractivity contribution >= 4 is 40.1 Å². The molecule has 1 aromatic carbocycles. The van der Waals surface area contributed by atoms with Gasteiger partial charge in [-0.1, -0.05) is 23.7 Å². The fraction of sp³-hybridized carbons (Fsp3) is 0.118. The number of rotatable bonds is 4. The highest BCUT2D eigenvalue weighted by atomic mass is 35.5. The summed E-state index contributed by atoms with van der Waals surface area (Å²) in [4.78, 5) is 25.7. The lowest BCUT2D eigenvalue weighted by Gasteiger charge is -2.20. The standard InChI is InChI=1S/C17H16ClN9O/c1-8(22-14-12(18)13(19)24-17(20)25-14)15-23-10-5-3-2-4-9(10)16(28)27(15)11-6-7-21-26-11/h2-8H,1H3,(H,21,26)(H5,19,20,22,24,25). The summed E-state index contributed by atoms with van der Waals surface area (Å²) in [5.41, 5.74) is 11.8. The number of nitrogens with two attached hydrogens (primary N) is 2. The van der Waals surface area contributed by atoms with Crippen LogP contribution in [0.3, 0.4) is 0 Å². The summed E-state index contributed by atoms with van der Waals surface area (Å²) in [5, 5.41) is 10.5. The van der Waals surface area contributed by atoms with E-state index in [-0.39, 0.29) is 28.2 Å². The molecule has 6 N–H and O–H groups in total. The molecule has 1 unspecified atom stereocenters. The Hall–Kier alpha value is -3.66. The highest BCUT2D eigenvalue weighted by Crippen LogP contribution is 2.28. The molecule has 0 aliphatic rings. The van der Waals surface area contributed by atoms with Gasteiger partial charge in [0.05, 0.1) is 23.1 Å². The molecule has 0 aliphatic carbocycles. The Morgan fingerprint density at radius 1 is 1.18 bits per heavy atom. The molecule has 0 saturated heterocycles. The van der Waals surface area contributed by atoms with E-state index >= 15 is 0 Å². The van der Waals surface area contributed by atoms with E-state index in [0.717, 1.165) is 0 Å². The van der Waals surface area contributed by atoms with E-state index in [1.54, 1.807) is 30.5 Å². The van der Waals surface area contributed by atoms with Crippen LogP contribution in [0.2, 0.25) is 5.02 Å². The number of aromatic amines is 1. The molecule has 0 bridgehead atoms. The van der Waals surface area contributed by atoms with Crippen molar-refractivity contribution in [3.05, 3.63) is 57.7 Å². The molecule has 3 aromatic heterocycles. The van der Waals surface area contributed by atoms with Crippen molar-refractivity contribution in [1.82, 2.24) is 29.7 Å². The number of H-pyrrole nitrogens is 1. The zero-order chi connectivity index (χ0) is 19.8. The quantitative estimate of drug-likeness (QED) is 0.407. The fourth-order valence-electron chi connectivity index (χ4n) is 2.89. The molecule has 142 valence electrons. The van der Waals surface area contributed by atoms with Crippen LogP contribution in [0.15, 0.2) is 41.3 Å². The van der Waals surface area contributed by atoms with E-state index in [2.05, 4.69) is 30.5 Å². The van der Waals surface area contributed by atoms with Crippen LogP contribution in [-0.4, -0.2) is 29.7 Å². The average Bonchev–Trinajstić information content (AvgIpc) is 3.19. The molecular formula is C17H16ClN9O. The predicted octanol–water partition coefficient (Wildman–Crippen LogP) is 1.89. The Balaban J connectivity index is 1.88. The van der Waals surface area contributed by atoms with Gasteiger partial charge in [-0.05, 0) is 19.1 Å². The molecule has 0 radical (unpaired) electrons. The first-order valence-corrected chi connectivity index (χ1v) is 8.70. The van der Waals surface area contributed by atoms with Gasteiger partial charge >= 0.3 is 0 Å². The minimum atomic E-state index is -0.480. The van der Waals surface area contributed by atoms with Gasteiger partial charge in [-0.15, -0.1) is 0 Å². The number of benzene rings is 1. The molecule has 4 rings (SSSR count). The fourth-order valence-corrected chi connectivity index (χ4v) is 3.03. The lowest BCUT2D eigenvalue weighted by molar-refractivity contribution is 0.720. The lowest BCUT2D eigenvalue weighted by Crippen LogP contribution is -2.27. The summed E-state index contributed by atoms with van der Waals surface area (Å²) in [5.74, 6) is 1.20. The van der Waals surface area contributed by atoms with Crippen molar-refractivity contribution in [2.24, 2.45) is 0 Å². The molecule has 0 spiro atoms. The third-order valence-electron chi connectivity index (χ3n) is 4.16. The SMILES string of the molecule is CC(Nc1nc(N)nc(N)c1Cl)c1nc2ccccc2c(=O)n1-c1ccn[nH]1. The van der Waals surface area contributed by atoms with Crippen molar-refractivity contribution in [3.63, 3.8) is 0 Å². The summed E-state index contributed by atoms with van der Waals surface area (Å²) < 4.78 is 1.45. The largest absolute Gasteiger partial charge is 0.382 e.